The highest BCUT2D eigenvalue weighted by molar-refractivity contribution is 7.71. The molecule has 36 heavy (non-hydrogen) atoms. The quantitative estimate of drug-likeness (QED) is 0.297. The minimum atomic E-state index is -0.600. The first kappa shape index (κ1) is 25.4. The minimum absolute atomic E-state index is 0.0920. The Morgan fingerprint density at radius 2 is 1.92 bits per heavy atom. The molecule has 0 aliphatic carbocycles. The van der Waals surface area contributed by atoms with Gasteiger partial charge in [0, 0.05) is 43.2 Å². The summed E-state index contributed by atoms with van der Waals surface area (Å²) >= 11 is 5.50. The maximum atomic E-state index is 12.8. The van der Waals surface area contributed by atoms with Crippen molar-refractivity contribution in [2.75, 3.05) is 44.1 Å². The Kier molecular flexibility index (Phi) is 8.04. The maximum Gasteiger partial charge on any atom is 0.248 e. The average Bonchev–Trinajstić information content (AvgIpc) is 3.24. The minimum Gasteiger partial charge on any atom is -0.493 e. The molecule has 1 unspecified atom stereocenters. The molecule has 4 rings (SSSR count). The van der Waals surface area contributed by atoms with E-state index in [9.17, 15) is 9.59 Å². The predicted molar refractivity (Wildman–Crippen MR) is 143 cm³/mol. The fourth-order valence-corrected chi connectivity index (χ4v) is 4.81. The summed E-state index contributed by atoms with van der Waals surface area (Å²) < 4.78 is 12.7. The van der Waals surface area contributed by atoms with E-state index in [2.05, 4.69) is 39.6 Å². The third-order valence-electron chi connectivity index (χ3n) is 6.35. The second kappa shape index (κ2) is 11.4. The van der Waals surface area contributed by atoms with Crippen molar-refractivity contribution in [1.82, 2.24) is 14.9 Å². The summed E-state index contributed by atoms with van der Waals surface area (Å²) in [5.41, 5.74) is 1.77. The van der Waals surface area contributed by atoms with E-state index in [4.69, 9.17) is 21.7 Å². The maximum absolute atomic E-state index is 12.8. The van der Waals surface area contributed by atoms with Gasteiger partial charge >= 0.3 is 0 Å². The zero-order valence-corrected chi connectivity index (χ0v) is 21.6. The fraction of sp³-hybridized carbons (Fsp3) is 0.385. The van der Waals surface area contributed by atoms with E-state index in [-0.39, 0.29) is 23.0 Å². The second-order valence-corrected chi connectivity index (χ2v) is 8.86. The van der Waals surface area contributed by atoms with Crippen LogP contribution in [0.15, 0.2) is 42.5 Å². The lowest BCUT2D eigenvalue weighted by atomic mass is 10.1. The Morgan fingerprint density at radius 3 is 2.61 bits per heavy atom. The predicted octanol–water partition coefficient (Wildman–Crippen LogP) is 4.09. The molecule has 0 radical (unpaired) electrons. The number of anilines is 2. The Balaban J connectivity index is 1.37. The lowest BCUT2D eigenvalue weighted by Gasteiger charge is -2.23. The third kappa shape index (κ3) is 5.28. The highest BCUT2D eigenvalue weighted by Crippen LogP contribution is 2.38. The molecule has 1 aromatic heterocycles. The molecular weight excluding hydrogens is 478 g/mol. The second-order valence-electron chi connectivity index (χ2n) is 8.50. The first-order valence-corrected chi connectivity index (χ1v) is 12.4. The molecule has 1 atom stereocenters. The Bertz CT molecular complexity index is 1310. The van der Waals surface area contributed by atoms with E-state index in [1.165, 1.54) is 5.69 Å². The number of para-hydroxylation sites is 1. The largest absolute Gasteiger partial charge is 0.493 e. The molecule has 0 bridgehead atoms. The number of aromatic nitrogens is 2. The number of methoxy groups -OCH3 is 2. The van der Waals surface area contributed by atoms with Gasteiger partial charge in [0.05, 0.1) is 19.7 Å². The first-order chi connectivity index (χ1) is 17.5. The molecule has 2 aromatic carbocycles. The standard InChI is InChI=1S/C26H31N5O4S/c1-4-30(17-9-6-5-7-10-17)14-8-13-27-23(32)12-11-20-25(33)29-24-18-15-21(34-2)22(35-3)16-19(18)28-26(36)31(20)24/h5-7,9-10,15-16,20H,4,8,11-14H2,1-3H3,(H,27,32)(H,29,33). The van der Waals surface area contributed by atoms with E-state index >= 15 is 0 Å². The smallest absolute Gasteiger partial charge is 0.248 e. The third-order valence-corrected chi connectivity index (χ3v) is 6.64. The average molecular weight is 510 g/mol. The lowest BCUT2D eigenvalue weighted by molar-refractivity contribution is -0.122. The number of nitrogens with zero attached hydrogens (tertiary/aromatic N) is 3. The number of amides is 2. The summed E-state index contributed by atoms with van der Waals surface area (Å²) in [6.07, 6.45) is 1.36. The topological polar surface area (TPSA) is 97.7 Å². The van der Waals surface area contributed by atoms with Gasteiger partial charge in [0.15, 0.2) is 11.5 Å². The van der Waals surface area contributed by atoms with Gasteiger partial charge < -0.3 is 25.0 Å². The highest BCUT2D eigenvalue weighted by atomic mass is 32.1. The Hall–Kier alpha value is -3.66. The van der Waals surface area contributed by atoms with Gasteiger partial charge in [-0.05, 0) is 50.2 Å². The van der Waals surface area contributed by atoms with Crippen molar-refractivity contribution >= 4 is 46.4 Å². The highest BCUT2D eigenvalue weighted by Gasteiger charge is 2.32. The molecule has 2 amide bonds. The number of carbonyl (C=O) groups is 2. The van der Waals surface area contributed by atoms with Crippen molar-refractivity contribution in [2.45, 2.75) is 32.2 Å². The zero-order chi connectivity index (χ0) is 25.7. The zero-order valence-electron chi connectivity index (χ0n) is 20.7. The van der Waals surface area contributed by atoms with E-state index in [1.54, 1.807) is 30.9 Å². The SMILES string of the molecule is CCN(CCCNC(=O)CCC1C(=O)Nc2c3cc(OC)c(OC)cc3nc(=S)n21)c1ccccc1. The number of ether oxygens (including phenoxy) is 2. The van der Waals surface area contributed by atoms with Crippen molar-refractivity contribution in [3.63, 3.8) is 0 Å². The van der Waals surface area contributed by atoms with E-state index in [0.717, 1.165) is 19.5 Å². The molecule has 0 saturated heterocycles. The molecule has 190 valence electrons. The van der Waals surface area contributed by atoms with Gasteiger partial charge in [-0.1, -0.05) is 18.2 Å². The van der Waals surface area contributed by atoms with Crippen LogP contribution in [0.2, 0.25) is 0 Å². The molecular formula is C26H31N5O4S. The molecule has 0 fully saturated rings. The van der Waals surface area contributed by atoms with Crippen LogP contribution in [-0.2, 0) is 9.59 Å². The summed E-state index contributed by atoms with van der Waals surface area (Å²) in [5.74, 6) is 1.31. The number of nitrogens with one attached hydrogen (secondary N) is 2. The van der Waals surface area contributed by atoms with E-state index in [1.807, 2.05) is 18.2 Å². The van der Waals surface area contributed by atoms with Crippen LogP contribution in [0.4, 0.5) is 11.5 Å². The first-order valence-electron chi connectivity index (χ1n) is 12.0. The fourth-order valence-electron chi connectivity index (χ4n) is 4.49. The van der Waals surface area contributed by atoms with Crippen molar-refractivity contribution in [1.29, 1.82) is 0 Å². The van der Waals surface area contributed by atoms with Crippen LogP contribution >= 0.6 is 12.2 Å². The lowest BCUT2D eigenvalue weighted by Crippen LogP contribution is -2.30. The molecule has 2 N–H and O–H groups in total. The molecule has 3 aromatic rings. The van der Waals surface area contributed by atoms with E-state index in [0.29, 0.717) is 41.2 Å². The summed E-state index contributed by atoms with van der Waals surface area (Å²) in [6.45, 7) is 4.44. The van der Waals surface area contributed by atoms with Gasteiger partial charge in [-0.15, -0.1) is 0 Å². The number of hydrogen-bond acceptors (Lipinski definition) is 7. The number of hydrogen-bond donors (Lipinski definition) is 2. The van der Waals surface area contributed by atoms with Gasteiger partial charge in [-0.2, -0.15) is 0 Å². The van der Waals surface area contributed by atoms with Gasteiger partial charge in [0.25, 0.3) is 0 Å². The Labute approximate surface area is 215 Å². The normalized spacial score (nSPS) is 14.3. The van der Waals surface area contributed by atoms with Crippen molar-refractivity contribution in [3.8, 4) is 11.5 Å². The molecule has 10 heteroatoms. The van der Waals surface area contributed by atoms with Crippen LogP contribution in [0.1, 0.15) is 32.2 Å². The molecule has 2 heterocycles. The summed E-state index contributed by atoms with van der Waals surface area (Å²) in [4.78, 5) is 32.1. The Morgan fingerprint density at radius 1 is 1.19 bits per heavy atom. The van der Waals surface area contributed by atoms with Crippen LogP contribution < -0.4 is 25.0 Å². The summed E-state index contributed by atoms with van der Waals surface area (Å²) in [6, 6.07) is 13.1. The number of benzene rings is 2. The summed E-state index contributed by atoms with van der Waals surface area (Å²) in [5, 5.41) is 6.58. The van der Waals surface area contributed by atoms with Crippen molar-refractivity contribution < 1.29 is 19.1 Å². The van der Waals surface area contributed by atoms with Gasteiger partial charge in [-0.3, -0.25) is 14.2 Å². The van der Waals surface area contributed by atoms with Crippen molar-refractivity contribution in [3.05, 3.63) is 47.2 Å². The van der Waals surface area contributed by atoms with Gasteiger partial charge in [0.2, 0.25) is 16.6 Å². The van der Waals surface area contributed by atoms with Crippen molar-refractivity contribution in [2.24, 2.45) is 0 Å². The molecule has 1 aliphatic heterocycles. The van der Waals surface area contributed by atoms with Crippen LogP contribution in [0.25, 0.3) is 10.9 Å². The molecule has 1 aliphatic rings. The number of carbonyl (C=O) groups excluding carboxylic acids is 2. The number of fused-ring (bicyclic) bond motifs is 3. The molecule has 9 nitrogen and oxygen atoms in total. The van der Waals surface area contributed by atoms with Crippen LogP contribution in [-0.4, -0.2) is 55.2 Å². The van der Waals surface area contributed by atoms with Gasteiger partial charge in [0.1, 0.15) is 11.9 Å². The van der Waals surface area contributed by atoms with Crippen LogP contribution in [0.5, 0.6) is 11.5 Å². The van der Waals surface area contributed by atoms with E-state index < -0.39 is 6.04 Å². The molecule has 0 saturated carbocycles. The van der Waals surface area contributed by atoms with Crippen LogP contribution in [0, 0.1) is 4.77 Å². The molecule has 0 spiro atoms. The van der Waals surface area contributed by atoms with Crippen LogP contribution in [0.3, 0.4) is 0 Å². The summed E-state index contributed by atoms with van der Waals surface area (Å²) in [7, 11) is 3.10. The monoisotopic (exact) mass is 509 g/mol. The number of rotatable bonds is 11. The van der Waals surface area contributed by atoms with Gasteiger partial charge in [-0.25, -0.2) is 4.98 Å².